The van der Waals surface area contributed by atoms with Crippen molar-refractivity contribution in [3.05, 3.63) is 28.2 Å². The van der Waals surface area contributed by atoms with Crippen LogP contribution in [0.4, 0.5) is 0 Å². The lowest BCUT2D eigenvalue weighted by atomic mass is 10.2. The summed E-state index contributed by atoms with van der Waals surface area (Å²) in [6.07, 6.45) is 0.0690. The van der Waals surface area contributed by atoms with Crippen molar-refractivity contribution in [1.29, 1.82) is 0 Å². The number of nitrogens with zero attached hydrogens (tertiary/aromatic N) is 1. The minimum absolute atomic E-state index is 0.0126. The van der Waals surface area contributed by atoms with E-state index in [1.807, 2.05) is 6.92 Å². The third-order valence-corrected chi connectivity index (χ3v) is 2.37. The molecule has 0 bridgehead atoms. The summed E-state index contributed by atoms with van der Waals surface area (Å²) in [6.45, 7) is 1.86. The molecule has 0 fully saturated rings. The van der Waals surface area contributed by atoms with E-state index in [1.165, 1.54) is 0 Å². The van der Waals surface area contributed by atoms with Crippen molar-refractivity contribution < 1.29 is 9.94 Å². The Morgan fingerprint density at radius 1 is 1.44 bits per heavy atom. The monoisotopic (exact) mass is 262 g/mol. The minimum atomic E-state index is -0.500. The second-order valence-electron chi connectivity index (χ2n) is 3.14. The lowest BCUT2D eigenvalue weighted by Crippen LogP contribution is -2.33. The molecule has 3 N–H and O–H groups in total. The van der Waals surface area contributed by atoms with Crippen LogP contribution in [-0.2, 0) is 0 Å². The molecule has 0 spiro atoms. The van der Waals surface area contributed by atoms with E-state index in [4.69, 9.17) is 38.9 Å². The predicted octanol–water partition coefficient (Wildman–Crippen LogP) is 2.90. The quantitative estimate of drug-likeness (QED) is 0.380. The van der Waals surface area contributed by atoms with Gasteiger partial charge in [0, 0.05) is 10.0 Å². The minimum Gasteiger partial charge on any atom is -0.482 e. The van der Waals surface area contributed by atoms with E-state index in [1.54, 1.807) is 18.2 Å². The fraction of sp³-hybridized carbons (Fsp3) is 0.300. The van der Waals surface area contributed by atoms with Crippen molar-refractivity contribution in [2.24, 2.45) is 10.9 Å². The van der Waals surface area contributed by atoms with Crippen LogP contribution in [0.15, 0.2) is 23.4 Å². The second-order valence-corrected chi connectivity index (χ2v) is 4.02. The molecule has 0 saturated heterocycles. The van der Waals surface area contributed by atoms with E-state index in [2.05, 4.69) is 5.16 Å². The molecule has 0 heterocycles. The molecule has 0 aliphatic carbocycles. The Morgan fingerprint density at radius 3 is 2.44 bits per heavy atom. The Labute approximate surface area is 104 Å². The van der Waals surface area contributed by atoms with E-state index in [0.717, 1.165) is 0 Å². The summed E-state index contributed by atoms with van der Waals surface area (Å²) in [7, 11) is 0. The van der Waals surface area contributed by atoms with Gasteiger partial charge in [0.15, 0.2) is 11.9 Å². The highest BCUT2D eigenvalue weighted by Gasteiger charge is 2.14. The molecule has 0 saturated carbocycles. The highest BCUT2D eigenvalue weighted by molar-refractivity contribution is 6.34. The lowest BCUT2D eigenvalue weighted by molar-refractivity contribution is 0.246. The maximum atomic E-state index is 8.55. The molecule has 0 aromatic heterocycles. The van der Waals surface area contributed by atoms with E-state index in [0.29, 0.717) is 22.2 Å². The lowest BCUT2D eigenvalue weighted by Gasteiger charge is -2.16. The van der Waals surface area contributed by atoms with Crippen LogP contribution >= 0.6 is 23.2 Å². The first kappa shape index (κ1) is 12.9. The maximum Gasteiger partial charge on any atom is 0.180 e. The predicted molar refractivity (Wildman–Crippen MR) is 64.6 cm³/mol. The van der Waals surface area contributed by atoms with Gasteiger partial charge in [-0.15, -0.1) is 0 Å². The topological polar surface area (TPSA) is 67.8 Å². The van der Waals surface area contributed by atoms with E-state index >= 15 is 0 Å². The number of hydrogen-bond donors (Lipinski definition) is 2. The standard InChI is InChI=1S/C10H12Cl2N2O2/c1-2-9(10(13)14-15)16-8-4-6(11)3-7(12)5-8/h3-5,9,15H,2H2,1H3,(H2,13,14). The van der Waals surface area contributed by atoms with Crippen LogP contribution in [0, 0.1) is 0 Å². The number of halogens is 2. The third-order valence-electron chi connectivity index (χ3n) is 1.93. The molecule has 1 atom stereocenters. The summed E-state index contributed by atoms with van der Waals surface area (Å²) in [5, 5.41) is 12.4. The smallest absolute Gasteiger partial charge is 0.180 e. The van der Waals surface area contributed by atoms with Crippen LogP contribution in [0.3, 0.4) is 0 Å². The summed E-state index contributed by atoms with van der Waals surface area (Å²) in [6, 6.07) is 4.82. The molecule has 6 heteroatoms. The molecule has 0 amide bonds. The first-order valence-electron chi connectivity index (χ1n) is 4.67. The highest BCUT2D eigenvalue weighted by atomic mass is 35.5. The van der Waals surface area contributed by atoms with Gasteiger partial charge in [-0.25, -0.2) is 0 Å². The summed E-state index contributed by atoms with van der Waals surface area (Å²) in [5.74, 6) is 0.495. The molecule has 0 aliphatic heterocycles. The SMILES string of the molecule is CCC(Oc1cc(Cl)cc(Cl)c1)C(N)=NO. The van der Waals surface area contributed by atoms with Gasteiger partial charge in [0.25, 0.3) is 0 Å². The molecule has 0 radical (unpaired) electrons. The zero-order valence-corrected chi connectivity index (χ0v) is 10.2. The van der Waals surface area contributed by atoms with Crippen molar-refractivity contribution in [2.45, 2.75) is 19.4 Å². The summed E-state index contributed by atoms with van der Waals surface area (Å²) < 4.78 is 5.49. The van der Waals surface area contributed by atoms with Gasteiger partial charge >= 0.3 is 0 Å². The Balaban J connectivity index is 2.86. The number of benzene rings is 1. The molecule has 88 valence electrons. The van der Waals surface area contributed by atoms with Crippen molar-refractivity contribution in [3.8, 4) is 5.75 Å². The van der Waals surface area contributed by atoms with Crippen LogP contribution in [0.25, 0.3) is 0 Å². The zero-order chi connectivity index (χ0) is 12.1. The Kier molecular flexibility index (Phi) is 4.71. The number of ether oxygens (including phenoxy) is 1. The highest BCUT2D eigenvalue weighted by Crippen LogP contribution is 2.25. The van der Waals surface area contributed by atoms with Gasteiger partial charge in [-0.05, 0) is 24.6 Å². The molecule has 1 aromatic carbocycles. The molecular formula is C10H12Cl2N2O2. The Hall–Kier alpha value is -1.13. The van der Waals surface area contributed by atoms with Crippen molar-refractivity contribution in [2.75, 3.05) is 0 Å². The molecule has 1 rings (SSSR count). The average Bonchev–Trinajstić information content (AvgIpc) is 2.23. The fourth-order valence-corrected chi connectivity index (χ4v) is 1.68. The van der Waals surface area contributed by atoms with Gasteiger partial charge in [-0.1, -0.05) is 35.3 Å². The van der Waals surface area contributed by atoms with Crippen LogP contribution in [0.1, 0.15) is 13.3 Å². The largest absolute Gasteiger partial charge is 0.482 e. The van der Waals surface area contributed by atoms with Gasteiger partial charge in [0.2, 0.25) is 0 Å². The molecule has 16 heavy (non-hydrogen) atoms. The molecule has 1 unspecified atom stereocenters. The molecular weight excluding hydrogens is 251 g/mol. The van der Waals surface area contributed by atoms with Crippen molar-refractivity contribution in [3.63, 3.8) is 0 Å². The van der Waals surface area contributed by atoms with Crippen LogP contribution < -0.4 is 10.5 Å². The van der Waals surface area contributed by atoms with Gasteiger partial charge in [0.1, 0.15) is 5.75 Å². The summed E-state index contributed by atoms with van der Waals surface area (Å²) in [4.78, 5) is 0. The number of oxime groups is 1. The average molecular weight is 263 g/mol. The Bertz CT molecular complexity index is 376. The first-order valence-corrected chi connectivity index (χ1v) is 5.42. The number of amidine groups is 1. The second kappa shape index (κ2) is 5.82. The zero-order valence-electron chi connectivity index (χ0n) is 8.65. The summed E-state index contributed by atoms with van der Waals surface area (Å²) >= 11 is 11.6. The maximum absolute atomic E-state index is 8.55. The third kappa shape index (κ3) is 3.47. The van der Waals surface area contributed by atoms with Crippen LogP contribution in [-0.4, -0.2) is 17.1 Å². The van der Waals surface area contributed by atoms with Crippen molar-refractivity contribution in [1.82, 2.24) is 0 Å². The molecule has 0 aliphatic rings. The van der Waals surface area contributed by atoms with Crippen LogP contribution in [0.5, 0.6) is 5.75 Å². The van der Waals surface area contributed by atoms with Gasteiger partial charge in [0.05, 0.1) is 0 Å². The Morgan fingerprint density at radius 2 is 2.00 bits per heavy atom. The van der Waals surface area contributed by atoms with Gasteiger partial charge in [-0.2, -0.15) is 0 Å². The number of rotatable bonds is 4. The number of nitrogens with two attached hydrogens (primary N) is 1. The number of hydrogen-bond acceptors (Lipinski definition) is 3. The van der Waals surface area contributed by atoms with Gasteiger partial charge in [-0.3, -0.25) is 0 Å². The fourth-order valence-electron chi connectivity index (χ4n) is 1.18. The van der Waals surface area contributed by atoms with E-state index < -0.39 is 6.10 Å². The van der Waals surface area contributed by atoms with Crippen LogP contribution in [0.2, 0.25) is 10.0 Å². The summed E-state index contributed by atoms with van der Waals surface area (Å²) in [5.41, 5.74) is 5.46. The van der Waals surface area contributed by atoms with Crippen molar-refractivity contribution >= 4 is 29.0 Å². The van der Waals surface area contributed by atoms with E-state index in [9.17, 15) is 0 Å². The first-order chi connectivity index (χ1) is 7.56. The van der Waals surface area contributed by atoms with E-state index in [-0.39, 0.29) is 5.84 Å². The molecule has 1 aromatic rings. The normalized spacial score (nSPS) is 13.6. The van der Waals surface area contributed by atoms with Gasteiger partial charge < -0.3 is 15.7 Å². The molecule has 4 nitrogen and oxygen atoms in total.